The highest BCUT2D eigenvalue weighted by atomic mass is 35.5. The van der Waals surface area contributed by atoms with Crippen molar-refractivity contribution in [3.8, 4) is 0 Å². The van der Waals surface area contributed by atoms with Gasteiger partial charge >= 0.3 is 0 Å². The first-order valence-electron chi connectivity index (χ1n) is 7.86. The molecule has 1 aliphatic rings. The molecule has 0 radical (unpaired) electrons. The van der Waals surface area contributed by atoms with Gasteiger partial charge < -0.3 is 5.32 Å². The molecule has 138 valence electrons. The Labute approximate surface area is 154 Å². The molecule has 0 unspecified atom stereocenters. The molecule has 0 spiro atoms. The minimum Gasteiger partial charge on any atom is -0.322 e. The SMILES string of the molecule is O=C(Nc1ccc(Cl)c(S(=O)(=O)N2CCCC2)c1)c1c(F)cccc1F. The zero-order valence-corrected chi connectivity index (χ0v) is 15.1. The van der Waals surface area contributed by atoms with Crippen molar-refractivity contribution in [2.45, 2.75) is 17.7 Å². The number of carbonyl (C=O) groups excluding carboxylic acids is 1. The Morgan fingerprint density at radius 2 is 1.69 bits per heavy atom. The molecular formula is C17H15ClF2N2O3S. The first kappa shape index (κ1) is 18.8. The van der Waals surface area contributed by atoms with E-state index in [0.717, 1.165) is 31.0 Å². The lowest BCUT2D eigenvalue weighted by Gasteiger charge is -2.17. The van der Waals surface area contributed by atoms with Crippen LogP contribution in [0.15, 0.2) is 41.3 Å². The first-order chi connectivity index (χ1) is 12.3. The molecule has 0 atom stereocenters. The predicted octanol–water partition coefficient (Wildman–Crippen LogP) is 3.66. The van der Waals surface area contributed by atoms with Gasteiger partial charge in [0.15, 0.2) is 0 Å². The second-order valence-electron chi connectivity index (χ2n) is 5.81. The fourth-order valence-corrected chi connectivity index (χ4v) is 4.77. The maximum Gasteiger partial charge on any atom is 0.261 e. The summed E-state index contributed by atoms with van der Waals surface area (Å²) >= 11 is 6.02. The lowest BCUT2D eigenvalue weighted by Crippen LogP contribution is -2.28. The van der Waals surface area contributed by atoms with Gasteiger partial charge in [0.25, 0.3) is 5.91 Å². The lowest BCUT2D eigenvalue weighted by molar-refractivity contribution is 0.101. The van der Waals surface area contributed by atoms with Gasteiger partial charge in [-0.05, 0) is 43.2 Å². The summed E-state index contributed by atoms with van der Waals surface area (Å²) in [5.41, 5.74) is -0.675. The average Bonchev–Trinajstić information content (AvgIpc) is 3.11. The van der Waals surface area contributed by atoms with Gasteiger partial charge in [-0.2, -0.15) is 4.31 Å². The number of anilines is 1. The standard InChI is InChI=1S/C17H15ClF2N2O3S/c18-12-7-6-11(10-15(12)26(24,25)22-8-1-2-9-22)21-17(23)16-13(19)4-3-5-14(16)20/h3-7,10H,1-2,8-9H2,(H,21,23). The summed E-state index contributed by atoms with van der Waals surface area (Å²) in [5.74, 6) is -3.05. The van der Waals surface area contributed by atoms with Crippen LogP contribution < -0.4 is 5.32 Å². The van der Waals surface area contributed by atoms with Crippen LogP contribution in [0.5, 0.6) is 0 Å². The summed E-state index contributed by atoms with van der Waals surface area (Å²) in [6.45, 7) is 0.797. The Kier molecular flexibility index (Phi) is 5.27. The van der Waals surface area contributed by atoms with Crippen molar-refractivity contribution in [1.82, 2.24) is 4.31 Å². The third-order valence-corrected chi connectivity index (χ3v) is 6.44. The van der Waals surface area contributed by atoms with Crippen LogP contribution in [0.1, 0.15) is 23.2 Å². The molecule has 1 N–H and O–H groups in total. The second kappa shape index (κ2) is 7.30. The number of halogens is 3. The van der Waals surface area contributed by atoms with Gasteiger partial charge in [-0.1, -0.05) is 17.7 Å². The van der Waals surface area contributed by atoms with Crippen LogP contribution in [0.3, 0.4) is 0 Å². The van der Waals surface area contributed by atoms with E-state index in [-0.39, 0.29) is 15.6 Å². The van der Waals surface area contributed by atoms with Gasteiger partial charge in [0.1, 0.15) is 22.1 Å². The molecule has 0 aromatic heterocycles. The van der Waals surface area contributed by atoms with Gasteiger partial charge in [0, 0.05) is 18.8 Å². The van der Waals surface area contributed by atoms with Gasteiger partial charge in [-0.15, -0.1) is 0 Å². The first-order valence-corrected chi connectivity index (χ1v) is 9.67. The van der Waals surface area contributed by atoms with E-state index >= 15 is 0 Å². The van der Waals surface area contributed by atoms with E-state index in [9.17, 15) is 22.0 Å². The highest BCUT2D eigenvalue weighted by Gasteiger charge is 2.29. The molecule has 0 bridgehead atoms. The number of hydrogen-bond donors (Lipinski definition) is 1. The molecular weight excluding hydrogens is 386 g/mol. The molecule has 0 aliphatic carbocycles. The number of rotatable bonds is 4. The molecule has 0 saturated carbocycles. The molecule has 1 heterocycles. The lowest BCUT2D eigenvalue weighted by atomic mass is 10.2. The van der Waals surface area contributed by atoms with Crippen LogP contribution in [0, 0.1) is 11.6 Å². The number of carbonyl (C=O) groups is 1. The van der Waals surface area contributed by atoms with E-state index < -0.39 is 33.1 Å². The smallest absolute Gasteiger partial charge is 0.261 e. The van der Waals surface area contributed by atoms with Gasteiger partial charge in [0.2, 0.25) is 10.0 Å². The Morgan fingerprint density at radius 3 is 2.31 bits per heavy atom. The largest absolute Gasteiger partial charge is 0.322 e. The van der Waals surface area contributed by atoms with Crippen molar-refractivity contribution in [2.75, 3.05) is 18.4 Å². The van der Waals surface area contributed by atoms with Crippen LogP contribution in [-0.4, -0.2) is 31.7 Å². The molecule has 26 heavy (non-hydrogen) atoms. The number of nitrogens with zero attached hydrogens (tertiary/aromatic N) is 1. The summed E-state index contributed by atoms with van der Waals surface area (Å²) in [6, 6.07) is 6.93. The van der Waals surface area contributed by atoms with Gasteiger partial charge in [0.05, 0.1) is 5.02 Å². The van der Waals surface area contributed by atoms with Crippen LogP contribution in [0.4, 0.5) is 14.5 Å². The van der Waals surface area contributed by atoms with Crippen molar-refractivity contribution in [1.29, 1.82) is 0 Å². The molecule has 1 aliphatic heterocycles. The highest BCUT2D eigenvalue weighted by Crippen LogP contribution is 2.30. The van der Waals surface area contributed by atoms with Gasteiger partial charge in [-0.25, -0.2) is 17.2 Å². The fourth-order valence-electron chi connectivity index (χ4n) is 2.75. The zero-order chi connectivity index (χ0) is 18.9. The van der Waals surface area contributed by atoms with E-state index in [1.807, 2.05) is 0 Å². The van der Waals surface area contributed by atoms with Crippen LogP contribution in [0.25, 0.3) is 0 Å². The van der Waals surface area contributed by atoms with Crippen molar-refractivity contribution < 1.29 is 22.0 Å². The van der Waals surface area contributed by atoms with E-state index in [1.54, 1.807) is 0 Å². The Balaban J connectivity index is 1.92. The highest BCUT2D eigenvalue weighted by molar-refractivity contribution is 7.89. The molecule has 2 aromatic carbocycles. The van der Waals surface area contributed by atoms with E-state index in [1.165, 1.54) is 22.5 Å². The third-order valence-electron chi connectivity index (χ3n) is 4.06. The molecule has 1 saturated heterocycles. The topological polar surface area (TPSA) is 66.5 Å². The Hall–Kier alpha value is -2.03. The van der Waals surface area contributed by atoms with Crippen LogP contribution in [0.2, 0.25) is 5.02 Å². The Morgan fingerprint density at radius 1 is 1.08 bits per heavy atom. The number of sulfonamides is 1. The summed E-state index contributed by atoms with van der Waals surface area (Å²) in [5, 5.41) is 2.32. The third kappa shape index (κ3) is 3.58. The van der Waals surface area contributed by atoms with E-state index in [0.29, 0.717) is 13.1 Å². The minimum atomic E-state index is -3.81. The number of hydrogen-bond acceptors (Lipinski definition) is 3. The van der Waals surface area contributed by atoms with Crippen molar-refractivity contribution in [2.24, 2.45) is 0 Å². The summed E-state index contributed by atoms with van der Waals surface area (Å²) in [7, 11) is -3.81. The fraction of sp³-hybridized carbons (Fsp3) is 0.235. The molecule has 3 rings (SSSR count). The molecule has 5 nitrogen and oxygen atoms in total. The summed E-state index contributed by atoms with van der Waals surface area (Å²) in [4.78, 5) is 12.0. The molecule has 1 amide bonds. The van der Waals surface area contributed by atoms with Crippen molar-refractivity contribution >= 4 is 33.2 Å². The maximum atomic E-state index is 13.7. The number of nitrogens with one attached hydrogen (secondary N) is 1. The van der Waals surface area contributed by atoms with Crippen molar-refractivity contribution in [3.05, 3.63) is 58.6 Å². The van der Waals surface area contributed by atoms with E-state index in [4.69, 9.17) is 11.6 Å². The number of benzene rings is 2. The molecule has 1 fully saturated rings. The monoisotopic (exact) mass is 400 g/mol. The normalized spacial score (nSPS) is 15.2. The minimum absolute atomic E-state index is 0.00645. The molecule has 2 aromatic rings. The molecule has 9 heteroatoms. The predicted molar refractivity (Wildman–Crippen MR) is 93.8 cm³/mol. The maximum absolute atomic E-state index is 13.7. The number of amides is 1. The van der Waals surface area contributed by atoms with Crippen LogP contribution in [-0.2, 0) is 10.0 Å². The quantitative estimate of drug-likeness (QED) is 0.851. The zero-order valence-electron chi connectivity index (χ0n) is 13.5. The summed E-state index contributed by atoms with van der Waals surface area (Å²) in [6.07, 6.45) is 1.53. The van der Waals surface area contributed by atoms with Gasteiger partial charge in [-0.3, -0.25) is 4.79 Å². The second-order valence-corrected chi connectivity index (χ2v) is 8.12. The summed E-state index contributed by atoms with van der Waals surface area (Å²) < 4.78 is 54.1. The van der Waals surface area contributed by atoms with Crippen molar-refractivity contribution in [3.63, 3.8) is 0 Å². The van der Waals surface area contributed by atoms with Crippen LogP contribution >= 0.6 is 11.6 Å². The average molecular weight is 401 g/mol. The Bertz CT molecular complexity index is 940. The van der Waals surface area contributed by atoms with E-state index in [2.05, 4.69) is 5.32 Å².